The van der Waals surface area contributed by atoms with Gasteiger partial charge in [0.15, 0.2) is 0 Å². The van der Waals surface area contributed by atoms with Crippen molar-refractivity contribution in [3.8, 4) is 0 Å². The molecule has 2 amide bonds. The Hall–Kier alpha value is -0.950. The van der Waals surface area contributed by atoms with Crippen LogP contribution in [0.3, 0.4) is 0 Å². The predicted molar refractivity (Wildman–Crippen MR) is 85.8 cm³/mol. The standard InChI is InChI=1S/C15H26N2O4S/c1-10(12-6-5-7-20-12)16-13(18)11-8-22-9-17(11)14(19)21-15(2,3)4/h10-12H,5-9H2,1-4H3,(H,16,18)/t10?,11-,12?/m1/s1. The van der Waals surface area contributed by atoms with Crippen LogP contribution in [0.2, 0.25) is 0 Å². The summed E-state index contributed by atoms with van der Waals surface area (Å²) in [6, 6.07) is -0.509. The fourth-order valence-electron chi connectivity index (χ4n) is 2.57. The molecule has 0 bridgehead atoms. The fraction of sp³-hybridized carbons (Fsp3) is 0.867. The molecule has 126 valence electrons. The molecule has 2 heterocycles. The molecule has 0 aromatic rings. The van der Waals surface area contributed by atoms with E-state index >= 15 is 0 Å². The second kappa shape index (κ2) is 7.08. The van der Waals surface area contributed by atoms with Crippen LogP contribution >= 0.6 is 11.8 Å². The van der Waals surface area contributed by atoms with Crippen molar-refractivity contribution in [2.75, 3.05) is 18.2 Å². The molecule has 0 saturated carbocycles. The van der Waals surface area contributed by atoms with Crippen LogP contribution in [-0.2, 0) is 14.3 Å². The molecule has 0 aromatic heterocycles. The van der Waals surface area contributed by atoms with Crippen molar-refractivity contribution >= 4 is 23.8 Å². The molecule has 0 aliphatic carbocycles. The minimum absolute atomic E-state index is 0.0407. The minimum Gasteiger partial charge on any atom is -0.444 e. The minimum atomic E-state index is -0.559. The van der Waals surface area contributed by atoms with Crippen molar-refractivity contribution in [1.29, 1.82) is 0 Å². The molecule has 1 N–H and O–H groups in total. The number of carbonyl (C=O) groups is 2. The highest BCUT2D eigenvalue weighted by Crippen LogP contribution is 2.24. The summed E-state index contributed by atoms with van der Waals surface area (Å²) in [5, 5.41) is 2.98. The second-order valence-electron chi connectivity index (χ2n) is 6.81. The van der Waals surface area contributed by atoms with Crippen LogP contribution in [0.15, 0.2) is 0 Å². The van der Waals surface area contributed by atoms with Gasteiger partial charge in [-0.3, -0.25) is 9.69 Å². The van der Waals surface area contributed by atoms with Gasteiger partial charge in [0.2, 0.25) is 5.91 Å². The van der Waals surface area contributed by atoms with E-state index in [-0.39, 0.29) is 18.1 Å². The first-order valence-corrected chi connectivity index (χ1v) is 8.93. The largest absolute Gasteiger partial charge is 0.444 e. The third-order valence-corrected chi connectivity index (χ3v) is 4.72. The van der Waals surface area contributed by atoms with Gasteiger partial charge in [0, 0.05) is 12.4 Å². The van der Waals surface area contributed by atoms with Crippen molar-refractivity contribution in [2.24, 2.45) is 0 Å². The van der Waals surface area contributed by atoms with E-state index in [1.807, 2.05) is 27.7 Å². The van der Waals surface area contributed by atoms with E-state index in [0.29, 0.717) is 11.6 Å². The van der Waals surface area contributed by atoms with Crippen molar-refractivity contribution in [2.45, 2.75) is 64.3 Å². The average Bonchev–Trinajstić information content (AvgIpc) is 3.08. The van der Waals surface area contributed by atoms with Gasteiger partial charge in [-0.05, 0) is 40.5 Å². The number of hydrogen-bond donors (Lipinski definition) is 1. The Bertz CT molecular complexity index is 418. The summed E-state index contributed by atoms with van der Waals surface area (Å²) in [7, 11) is 0. The lowest BCUT2D eigenvalue weighted by Gasteiger charge is -2.28. The molecule has 7 heteroatoms. The van der Waals surface area contributed by atoms with Crippen LogP contribution in [0.5, 0.6) is 0 Å². The molecule has 2 aliphatic heterocycles. The fourth-order valence-corrected chi connectivity index (χ4v) is 3.71. The number of nitrogens with one attached hydrogen (secondary N) is 1. The summed E-state index contributed by atoms with van der Waals surface area (Å²) in [5.41, 5.74) is -0.559. The molecule has 0 spiro atoms. The highest BCUT2D eigenvalue weighted by atomic mass is 32.2. The highest BCUT2D eigenvalue weighted by Gasteiger charge is 2.38. The molecule has 0 radical (unpaired) electrons. The van der Waals surface area contributed by atoms with E-state index in [9.17, 15) is 9.59 Å². The molecule has 2 saturated heterocycles. The number of hydrogen-bond acceptors (Lipinski definition) is 5. The lowest BCUT2D eigenvalue weighted by atomic mass is 10.1. The number of nitrogens with zero attached hydrogens (tertiary/aromatic N) is 1. The number of thioether (sulfide) groups is 1. The Morgan fingerprint density at radius 3 is 2.73 bits per heavy atom. The van der Waals surface area contributed by atoms with Crippen LogP contribution in [0.4, 0.5) is 4.79 Å². The van der Waals surface area contributed by atoms with Gasteiger partial charge in [0.25, 0.3) is 0 Å². The number of amides is 2. The monoisotopic (exact) mass is 330 g/mol. The normalized spacial score (nSPS) is 26.8. The summed E-state index contributed by atoms with van der Waals surface area (Å²) in [6.45, 7) is 8.18. The topological polar surface area (TPSA) is 67.9 Å². The molecule has 2 unspecified atom stereocenters. The maximum atomic E-state index is 12.5. The molecule has 22 heavy (non-hydrogen) atoms. The third-order valence-electron chi connectivity index (χ3n) is 3.71. The van der Waals surface area contributed by atoms with E-state index in [2.05, 4.69) is 5.32 Å². The lowest BCUT2D eigenvalue weighted by Crippen LogP contribution is -2.52. The van der Waals surface area contributed by atoms with Crippen LogP contribution in [0, 0.1) is 0 Å². The molecule has 6 nitrogen and oxygen atoms in total. The average molecular weight is 330 g/mol. The molecule has 0 aromatic carbocycles. The second-order valence-corrected chi connectivity index (χ2v) is 7.81. The van der Waals surface area contributed by atoms with Crippen molar-refractivity contribution < 1.29 is 19.1 Å². The van der Waals surface area contributed by atoms with E-state index in [1.54, 1.807) is 11.8 Å². The van der Waals surface area contributed by atoms with E-state index in [1.165, 1.54) is 4.90 Å². The van der Waals surface area contributed by atoms with Crippen LogP contribution in [0.25, 0.3) is 0 Å². The predicted octanol–water partition coefficient (Wildman–Crippen LogP) is 1.98. The number of ether oxygens (including phenoxy) is 2. The molecule has 2 aliphatic rings. The molecule has 3 atom stereocenters. The highest BCUT2D eigenvalue weighted by molar-refractivity contribution is 7.99. The Morgan fingerprint density at radius 1 is 1.41 bits per heavy atom. The zero-order valence-corrected chi connectivity index (χ0v) is 14.6. The Labute approximate surface area is 136 Å². The molecule has 2 fully saturated rings. The zero-order valence-electron chi connectivity index (χ0n) is 13.8. The van der Waals surface area contributed by atoms with Gasteiger partial charge < -0.3 is 14.8 Å². The van der Waals surface area contributed by atoms with Crippen molar-refractivity contribution in [3.63, 3.8) is 0 Å². The Kier molecular flexibility index (Phi) is 5.60. The van der Waals surface area contributed by atoms with E-state index < -0.39 is 17.7 Å². The van der Waals surface area contributed by atoms with Crippen LogP contribution in [-0.4, -0.2) is 58.9 Å². The number of carbonyl (C=O) groups excluding carboxylic acids is 2. The Morgan fingerprint density at radius 2 is 2.14 bits per heavy atom. The zero-order chi connectivity index (χ0) is 16.3. The van der Waals surface area contributed by atoms with Gasteiger partial charge in [-0.2, -0.15) is 0 Å². The van der Waals surface area contributed by atoms with Gasteiger partial charge in [-0.25, -0.2) is 4.79 Å². The summed E-state index contributed by atoms with van der Waals surface area (Å²) < 4.78 is 11.0. The van der Waals surface area contributed by atoms with Gasteiger partial charge in [-0.1, -0.05) is 0 Å². The molecular formula is C15H26N2O4S. The van der Waals surface area contributed by atoms with Gasteiger partial charge in [0.05, 0.1) is 18.0 Å². The van der Waals surface area contributed by atoms with Crippen LogP contribution in [0.1, 0.15) is 40.5 Å². The van der Waals surface area contributed by atoms with E-state index in [0.717, 1.165) is 19.4 Å². The smallest absolute Gasteiger partial charge is 0.411 e. The SMILES string of the molecule is CC(NC(=O)[C@H]1CSCN1C(=O)OC(C)(C)C)C1CCCO1. The Balaban J connectivity index is 1.91. The van der Waals surface area contributed by atoms with Gasteiger partial charge in [-0.15, -0.1) is 11.8 Å². The summed E-state index contributed by atoms with van der Waals surface area (Å²) >= 11 is 1.57. The third kappa shape index (κ3) is 4.52. The quantitative estimate of drug-likeness (QED) is 0.857. The first-order chi connectivity index (χ1) is 10.3. The summed E-state index contributed by atoms with van der Waals surface area (Å²) in [5.74, 6) is 0.962. The van der Waals surface area contributed by atoms with Gasteiger partial charge in [0.1, 0.15) is 11.6 Å². The molecular weight excluding hydrogens is 304 g/mol. The summed E-state index contributed by atoms with van der Waals surface area (Å²) in [6.07, 6.45) is 1.65. The first-order valence-electron chi connectivity index (χ1n) is 7.77. The number of rotatable bonds is 3. The maximum absolute atomic E-state index is 12.5. The molecule has 2 rings (SSSR count). The van der Waals surface area contributed by atoms with Crippen LogP contribution < -0.4 is 5.32 Å². The lowest BCUT2D eigenvalue weighted by molar-refractivity contribution is -0.126. The van der Waals surface area contributed by atoms with Gasteiger partial charge >= 0.3 is 6.09 Å². The van der Waals surface area contributed by atoms with E-state index in [4.69, 9.17) is 9.47 Å². The maximum Gasteiger partial charge on any atom is 0.411 e. The summed E-state index contributed by atoms with van der Waals surface area (Å²) in [4.78, 5) is 26.2. The van der Waals surface area contributed by atoms with Crippen molar-refractivity contribution in [1.82, 2.24) is 10.2 Å². The van der Waals surface area contributed by atoms with Crippen molar-refractivity contribution in [3.05, 3.63) is 0 Å². The first kappa shape index (κ1) is 17.4.